The van der Waals surface area contributed by atoms with Crippen LogP contribution < -0.4 is 10.6 Å². The third kappa shape index (κ3) is 4.47. The van der Waals surface area contributed by atoms with Crippen molar-refractivity contribution in [3.63, 3.8) is 0 Å². The molecule has 1 aromatic heterocycles. The van der Waals surface area contributed by atoms with Crippen molar-refractivity contribution < 1.29 is 4.79 Å². The van der Waals surface area contributed by atoms with Crippen molar-refractivity contribution in [3.05, 3.63) is 83.9 Å². The van der Waals surface area contributed by atoms with Crippen molar-refractivity contribution in [3.8, 4) is 5.69 Å². The summed E-state index contributed by atoms with van der Waals surface area (Å²) in [7, 11) is 0. The van der Waals surface area contributed by atoms with E-state index in [-0.39, 0.29) is 17.4 Å². The number of carbonyl (C=O) groups is 1. The van der Waals surface area contributed by atoms with Gasteiger partial charge in [-0.15, -0.1) is 10.2 Å². The molecule has 3 aromatic carbocycles. The number of anilines is 1. The van der Waals surface area contributed by atoms with E-state index in [1.165, 1.54) is 0 Å². The van der Waals surface area contributed by atoms with Gasteiger partial charge >= 0.3 is 0 Å². The molecule has 0 saturated carbocycles. The Morgan fingerprint density at radius 3 is 2.28 bits per heavy atom. The third-order valence-corrected chi connectivity index (χ3v) is 4.63. The minimum absolute atomic E-state index is 0.164. The first kappa shape index (κ1) is 18.8. The van der Waals surface area contributed by atoms with Gasteiger partial charge in [0.2, 0.25) is 5.91 Å². The Morgan fingerprint density at radius 1 is 0.966 bits per heavy atom. The van der Waals surface area contributed by atoms with E-state index in [2.05, 4.69) is 20.8 Å². The molecule has 4 rings (SSSR count). The standard InChI is InChI=1S/C22H19N5OS/c1-15-12-19-20(26-27(25-19)17-10-6-3-7-11-17)14-18(15)23-22(29)24-21(28)13-16-8-4-2-5-9-16/h2-12,14H,13H2,1H3,(H2,23,24,28,29). The summed E-state index contributed by atoms with van der Waals surface area (Å²) >= 11 is 5.31. The van der Waals surface area contributed by atoms with Crippen LogP contribution in [0, 0.1) is 6.92 Å². The molecule has 144 valence electrons. The highest BCUT2D eigenvalue weighted by molar-refractivity contribution is 7.80. The lowest BCUT2D eigenvalue weighted by Crippen LogP contribution is -2.35. The van der Waals surface area contributed by atoms with Gasteiger partial charge in [-0.1, -0.05) is 48.5 Å². The van der Waals surface area contributed by atoms with E-state index in [0.717, 1.165) is 33.5 Å². The summed E-state index contributed by atoms with van der Waals surface area (Å²) in [5, 5.41) is 15.1. The number of carbonyl (C=O) groups excluding carboxylic acids is 1. The van der Waals surface area contributed by atoms with E-state index in [4.69, 9.17) is 12.2 Å². The molecule has 2 N–H and O–H groups in total. The monoisotopic (exact) mass is 401 g/mol. The van der Waals surface area contributed by atoms with E-state index in [1.807, 2.05) is 79.7 Å². The van der Waals surface area contributed by atoms with E-state index < -0.39 is 0 Å². The van der Waals surface area contributed by atoms with Crippen LogP contribution >= 0.6 is 12.2 Å². The predicted octanol–water partition coefficient (Wildman–Crippen LogP) is 3.78. The minimum atomic E-state index is -0.164. The highest BCUT2D eigenvalue weighted by atomic mass is 32.1. The van der Waals surface area contributed by atoms with Gasteiger partial charge in [0.05, 0.1) is 12.1 Å². The molecular weight excluding hydrogens is 382 g/mol. The molecule has 0 radical (unpaired) electrons. The number of rotatable bonds is 4. The largest absolute Gasteiger partial charge is 0.332 e. The predicted molar refractivity (Wildman–Crippen MR) is 118 cm³/mol. The second kappa shape index (κ2) is 8.20. The fourth-order valence-electron chi connectivity index (χ4n) is 2.99. The summed E-state index contributed by atoms with van der Waals surface area (Å²) < 4.78 is 0. The Hall–Kier alpha value is -3.58. The smallest absolute Gasteiger partial charge is 0.230 e. The van der Waals surface area contributed by atoms with Crippen molar-refractivity contribution in [1.82, 2.24) is 20.3 Å². The zero-order chi connectivity index (χ0) is 20.2. The molecule has 0 spiro atoms. The second-order valence-corrected chi connectivity index (χ2v) is 7.05. The van der Waals surface area contributed by atoms with Crippen LogP contribution in [0.5, 0.6) is 0 Å². The molecule has 0 bridgehead atoms. The Labute approximate surface area is 173 Å². The summed E-state index contributed by atoms with van der Waals surface area (Å²) in [5.41, 5.74) is 5.08. The number of nitrogens with zero attached hydrogens (tertiary/aromatic N) is 3. The minimum Gasteiger partial charge on any atom is -0.332 e. The zero-order valence-electron chi connectivity index (χ0n) is 15.8. The van der Waals surface area contributed by atoms with Gasteiger partial charge in [0.1, 0.15) is 11.0 Å². The molecule has 1 amide bonds. The topological polar surface area (TPSA) is 71.8 Å². The number of para-hydroxylation sites is 1. The van der Waals surface area contributed by atoms with Crippen molar-refractivity contribution in [2.75, 3.05) is 5.32 Å². The molecule has 0 aliphatic rings. The van der Waals surface area contributed by atoms with Crippen LogP contribution in [0.1, 0.15) is 11.1 Å². The van der Waals surface area contributed by atoms with Gasteiger partial charge in [-0.3, -0.25) is 4.79 Å². The van der Waals surface area contributed by atoms with Crippen LogP contribution in [0.25, 0.3) is 16.7 Å². The molecule has 0 atom stereocenters. The van der Waals surface area contributed by atoms with Gasteiger partial charge in [-0.25, -0.2) is 0 Å². The summed E-state index contributed by atoms with van der Waals surface area (Å²) in [6.45, 7) is 1.96. The first-order valence-electron chi connectivity index (χ1n) is 9.16. The molecule has 6 nitrogen and oxygen atoms in total. The Kier molecular flexibility index (Phi) is 5.31. The maximum atomic E-state index is 12.2. The molecular formula is C22H19N5OS. The molecule has 0 aliphatic carbocycles. The number of benzene rings is 3. The molecule has 0 saturated heterocycles. The van der Waals surface area contributed by atoms with Gasteiger partial charge in [-0.05, 0) is 54.5 Å². The first-order chi connectivity index (χ1) is 14.1. The van der Waals surface area contributed by atoms with E-state index >= 15 is 0 Å². The molecule has 0 fully saturated rings. The lowest BCUT2D eigenvalue weighted by Gasteiger charge is -2.11. The summed E-state index contributed by atoms with van der Waals surface area (Å²) in [6.07, 6.45) is 0.270. The fraction of sp³-hybridized carbons (Fsp3) is 0.0909. The van der Waals surface area contributed by atoms with Gasteiger partial charge in [-0.2, -0.15) is 4.80 Å². The highest BCUT2D eigenvalue weighted by Gasteiger charge is 2.11. The number of fused-ring (bicyclic) bond motifs is 1. The lowest BCUT2D eigenvalue weighted by molar-refractivity contribution is -0.119. The highest BCUT2D eigenvalue weighted by Crippen LogP contribution is 2.22. The van der Waals surface area contributed by atoms with Crippen molar-refractivity contribution in [1.29, 1.82) is 0 Å². The lowest BCUT2D eigenvalue weighted by atomic mass is 10.1. The number of thiocarbonyl (C=S) groups is 1. The van der Waals surface area contributed by atoms with Crippen LogP contribution in [-0.2, 0) is 11.2 Å². The van der Waals surface area contributed by atoms with Gasteiger partial charge in [0.15, 0.2) is 5.11 Å². The zero-order valence-corrected chi connectivity index (χ0v) is 16.6. The number of aromatic nitrogens is 3. The average molecular weight is 401 g/mol. The summed E-state index contributed by atoms with van der Waals surface area (Å²) in [6, 6.07) is 23.1. The number of aryl methyl sites for hydroxylation is 1. The van der Waals surface area contributed by atoms with Crippen molar-refractivity contribution >= 4 is 40.0 Å². The Bertz CT molecular complexity index is 1170. The van der Waals surface area contributed by atoms with E-state index in [0.29, 0.717) is 0 Å². The van der Waals surface area contributed by atoms with Crippen molar-refractivity contribution in [2.45, 2.75) is 13.3 Å². The molecule has 1 heterocycles. The second-order valence-electron chi connectivity index (χ2n) is 6.65. The third-order valence-electron chi connectivity index (χ3n) is 4.42. The molecule has 29 heavy (non-hydrogen) atoms. The number of amides is 1. The Balaban J connectivity index is 1.48. The molecule has 7 heteroatoms. The van der Waals surface area contributed by atoms with Crippen LogP contribution in [0.15, 0.2) is 72.8 Å². The van der Waals surface area contributed by atoms with Crippen LogP contribution in [0.4, 0.5) is 5.69 Å². The number of hydrogen-bond donors (Lipinski definition) is 2. The van der Waals surface area contributed by atoms with E-state index in [1.54, 1.807) is 4.80 Å². The fourth-order valence-corrected chi connectivity index (χ4v) is 3.21. The van der Waals surface area contributed by atoms with Gasteiger partial charge in [0, 0.05) is 5.69 Å². The summed E-state index contributed by atoms with van der Waals surface area (Å²) in [5.74, 6) is -0.164. The number of hydrogen-bond acceptors (Lipinski definition) is 4. The van der Waals surface area contributed by atoms with Gasteiger partial charge < -0.3 is 10.6 Å². The van der Waals surface area contributed by atoms with Crippen LogP contribution in [0.2, 0.25) is 0 Å². The molecule has 0 unspecified atom stereocenters. The average Bonchev–Trinajstić information content (AvgIpc) is 3.12. The Morgan fingerprint density at radius 2 is 1.59 bits per heavy atom. The van der Waals surface area contributed by atoms with Crippen LogP contribution in [-0.4, -0.2) is 26.0 Å². The molecule has 0 aliphatic heterocycles. The molecule has 4 aromatic rings. The summed E-state index contributed by atoms with van der Waals surface area (Å²) in [4.78, 5) is 13.8. The number of nitrogens with one attached hydrogen (secondary N) is 2. The van der Waals surface area contributed by atoms with Crippen molar-refractivity contribution in [2.24, 2.45) is 0 Å². The van der Waals surface area contributed by atoms with E-state index in [9.17, 15) is 4.79 Å². The van der Waals surface area contributed by atoms with Crippen LogP contribution in [0.3, 0.4) is 0 Å². The quantitative estimate of drug-likeness (QED) is 0.509. The first-order valence-corrected chi connectivity index (χ1v) is 9.57. The maximum absolute atomic E-state index is 12.2. The maximum Gasteiger partial charge on any atom is 0.230 e. The van der Waals surface area contributed by atoms with Gasteiger partial charge in [0.25, 0.3) is 0 Å². The normalized spacial score (nSPS) is 10.7. The SMILES string of the molecule is Cc1cc2nn(-c3ccccc3)nc2cc1NC(=S)NC(=O)Cc1ccccc1.